The Morgan fingerprint density at radius 2 is 1.91 bits per heavy atom. The molecule has 0 unspecified atom stereocenters. The third kappa shape index (κ3) is 4.29. The predicted molar refractivity (Wildman–Crippen MR) is 114 cm³/mol. The van der Waals surface area contributed by atoms with Crippen molar-refractivity contribution >= 4 is 11.6 Å². The van der Waals surface area contributed by atoms with Gasteiger partial charge in [-0.15, -0.1) is 15.3 Å². The van der Waals surface area contributed by atoms with Gasteiger partial charge in [0.05, 0.1) is 26.3 Å². The van der Waals surface area contributed by atoms with Crippen molar-refractivity contribution in [3.8, 4) is 28.8 Å². The quantitative estimate of drug-likeness (QED) is 0.423. The molecule has 0 bridgehead atoms. The van der Waals surface area contributed by atoms with Crippen LogP contribution in [-0.2, 0) is 0 Å². The average molecular weight is 437 g/mol. The first-order valence-electron chi connectivity index (χ1n) is 9.71. The summed E-state index contributed by atoms with van der Waals surface area (Å²) in [5.41, 5.74) is 1.40. The molecule has 0 aliphatic rings. The van der Waals surface area contributed by atoms with Gasteiger partial charge in [-0.1, -0.05) is 18.2 Å². The topological polar surface area (TPSA) is 99.9 Å². The maximum atomic E-state index is 13.6. The fourth-order valence-electron chi connectivity index (χ4n) is 3.14. The molecular weight excluding hydrogens is 417 g/mol. The van der Waals surface area contributed by atoms with Gasteiger partial charge in [0.25, 0.3) is 5.91 Å². The Morgan fingerprint density at radius 3 is 2.69 bits per heavy atom. The molecule has 1 N–H and O–H groups in total. The Balaban J connectivity index is 1.41. The van der Waals surface area contributed by atoms with Crippen molar-refractivity contribution in [3.05, 3.63) is 66.0 Å². The number of para-hydroxylation sites is 1. The van der Waals surface area contributed by atoms with E-state index in [0.717, 1.165) is 0 Å². The molecule has 2 heterocycles. The minimum absolute atomic E-state index is 0.175. The second-order valence-electron chi connectivity index (χ2n) is 6.62. The molecule has 1 amide bonds. The number of halogens is 1. The maximum Gasteiger partial charge on any atom is 0.255 e. The molecule has 4 rings (SSSR count). The summed E-state index contributed by atoms with van der Waals surface area (Å²) < 4.78 is 31.2. The number of carbonyl (C=O) groups is 1. The van der Waals surface area contributed by atoms with Crippen molar-refractivity contribution in [2.75, 3.05) is 27.4 Å². The third-order valence-corrected chi connectivity index (χ3v) is 4.61. The van der Waals surface area contributed by atoms with Crippen LogP contribution in [0.1, 0.15) is 10.4 Å². The Bertz CT molecular complexity index is 1260. The lowest BCUT2D eigenvalue weighted by atomic mass is 10.1. The lowest BCUT2D eigenvalue weighted by Gasteiger charge is -2.12. The summed E-state index contributed by atoms with van der Waals surface area (Å²) in [5.74, 6) is 0.830. The lowest BCUT2D eigenvalue weighted by Crippen LogP contribution is -2.28. The van der Waals surface area contributed by atoms with Crippen LogP contribution >= 0.6 is 0 Å². The maximum absolute atomic E-state index is 13.6. The van der Waals surface area contributed by atoms with Crippen LogP contribution in [0, 0.1) is 5.82 Å². The van der Waals surface area contributed by atoms with Crippen LogP contribution in [0.5, 0.6) is 17.4 Å². The zero-order chi connectivity index (χ0) is 22.5. The molecule has 32 heavy (non-hydrogen) atoms. The number of rotatable bonds is 8. The molecule has 4 aromatic rings. The van der Waals surface area contributed by atoms with Gasteiger partial charge in [-0.05, 0) is 30.3 Å². The van der Waals surface area contributed by atoms with Gasteiger partial charge in [0.1, 0.15) is 12.4 Å². The largest absolute Gasteiger partial charge is 0.493 e. The molecule has 0 saturated heterocycles. The molecule has 0 fully saturated rings. The van der Waals surface area contributed by atoms with E-state index in [0.29, 0.717) is 40.0 Å². The van der Waals surface area contributed by atoms with Crippen LogP contribution < -0.4 is 19.5 Å². The van der Waals surface area contributed by atoms with Crippen LogP contribution in [0.4, 0.5) is 4.39 Å². The first-order chi connectivity index (χ1) is 15.6. The molecule has 0 aliphatic carbocycles. The molecule has 0 saturated carbocycles. The minimum atomic E-state index is -0.380. The van der Waals surface area contributed by atoms with Crippen LogP contribution in [0.2, 0.25) is 0 Å². The summed E-state index contributed by atoms with van der Waals surface area (Å²) in [6.07, 6.45) is 0. The molecule has 0 aliphatic heterocycles. The van der Waals surface area contributed by atoms with Gasteiger partial charge in [0.2, 0.25) is 5.88 Å². The normalized spacial score (nSPS) is 10.7. The standard InChI is InChI=1S/C22H20FN5O4/c1-30-17-8-4-7-16(20(17)31-2)22(29)24-11-12-32-19-10-9-18-25-26-21(28(18)27-19)14-5-3-6-15(23)13-14/h3-10,13H,11-12H2,1-2H3,(H,24,29). The van der Waals surface area contributed by atoms with E-state index >= 15 is 0 Å². The van der Waals surface area contributed by atoms with Gasteiger partial charge >= 0.3 is 0 Å². The summed E-state index contributed by atoms with van der Waals surface area (Å²) >= 11 is 0. The van der Waals surface area contributed by atoms with Crippen molar-refractivity contribution in [2.24, 2.45) is 0 Å². The van der Waals surface area contributed by atoms with Gasteiger partial charge in [0.15, 0.2) is 23.0 Å². The molecule has 2 aromatic heterocycles. The number of nitrogens with zero attached hydrogens (tertiary/aromatic N) is 4. The highest BCUT2D eigenvalue weighted by atomic mass is 19.1. The number of nitrogens with one attached hydrogen (secondary N) is 1. The fraction of sp³-hybridized carbons (Fsp3) is 0.182. The van der Waals surface area contributed by atoms with E-state index in [-0.39, 0.29) is 24.9 Å². The van der Waals surface area contributed by atoms with Gasteiger partial charge in [0, 0.05) is 11.6 Å². The Labute approximate surface area is 182 Å². The second kappa shape index (κ2) is 9.29. The number of methoxy groups -OCH3 is 2. The van der Waals surface area contributed by atoms with Crippen LogP contribution in [0.3, 0.4) is 0 Å². The van der Waals surface area contributed by atoms with E-state index in [9.17, 15) is 9.18 Å². The van der Waals surface area contributed by atoms with Crippen molar-refractivity contribution in [1.29, 1.82) is 0 Å². The van der Waals surface area contributed by atoms with E-state index in [2.05, 4.69) is 20.6 Å². The number of amides is 1. The minimum Gasteiger partial charge on any atom is -0.493 e. The van der Waals surface area contributed by atoms with E-state index in [4.69, 9.17) is 14.2 Å². The Kier molecular flexibility index (Phi) is 6.11. The van der Waals surface area contributed by atoms with Crippen molar-refractivity contribution in [1.82, 2.24) is 25.1 Å². The highest BCUT2D eigenvalue weighted by molar-refractivity contribution is 5.97. The van der Waals surface area contributed by atoms with Gasteiger partial charge in [-0.3, -0.25) is 4.79 Å². The van der Waals surface area contributed by atoms with Gasteiger partial charge in [-0.25, -0.2) is 4.39 Å². The van der Waals surface area contributed by atoms with Gasteiger partial charge < -0.3 is 19.5 Å². The van der Waals surface area contributed by atoms with Crippen molar-refractivity contribution < 1.29 is 23.4 Å². The SMILES string of the molecule is COc1cccc(C(=O)NCCOc2ccc3nnc(-c4cccc(F)c4)n3n2)c1OC. The molecule has 10 heteroatoms. The zero-order valence-electron chi connectivity index (χ0n) is 17.4. The highest BCUT2D eigenvalue weighted by Gasteiger charge is 2.16. The number of benzene rings is 2. The number of fused-ring (bicyclic) bond motifs is 1. The first-order valence-corrected chi connectivity index (χ1v) is 9.71. The molecule has 0 atom stereocenters. The summed E-state index contributed by atoms with van der Waals surface area (Å²) in [6, 6.07) is 14.4. The molecule has 2 aromatic carbocycles. The lowest BCUT2D eigenvalue weighted by molar-refractivity contribution is 0.0942. The smallest absolute Gasteiger partial charge is 0.255 e. The van der Waals surface area contributed by atoms with E-state index < -0.39 is 0 Å². The summed E-state index contributed by atoms with van der Waals surface area (Å²) in [6.45, 7) is 0.409. The number of hydrogen-bond donors (Lipinski definition) is 1. The third-order valence-electron chi connectivity index (χ3n) is 4.61. The fourth-order valence-corrected chi connectivity index (χ4v) is 3.14. The summed E-state index contributed by atoms with van der Waals surface area (Å²) in [4.78, 5) is 12.5. The second-order valence-corrected chi connectivity index (χ2v) is 6.62. The Morgan fingerprint density at radius 1 is 1.06 bits per heavy atom. The Hall–Kier alpha value is -4.21. The van der Waals surface area contributed by atoms with Crippen molar-refractivity contribution in [3.63, 3.8) is 0 Å². The number of ether oxygens (including phenoxy) is 3. The molecule has 164 valence electrons. The van der Waals surface area contributed by atoms with Crippen LogP contribution in [-0.4, -0.2) is 53.1 Å². The first kappa shape index (κ1) is 21.0. The molecule has 0 spiro atoms. The zero-order valence-corrected chi connectivity index (χ0v) is 17.4. The number of carbonyl (C=O) groups excluding carboxylic acids is 1. The average Bonchev–Trinajstić information content (AvgIpc) is 3.24. The molecular formula is C22H20FN5O4. The number of aromatic nitrogens is 4. The van der Waals surface area contributed by atoms with E-state index in [1.165, 1.54) is 30.9 Å². The summed E-state index contributed by atoms with van der Waals surface area (Å²) in [7, 11) is 2.98. The predicted octanol–water partition coefficient (Wildman–Crippen LogP) is 2.76. The van der Waals surface area contributed by atoms with E-state index in [1.807, 2.05) is 0 Å². The van der Waals surface area contributed by atoms with Crippen LogP contribution in [0.25, 0.3) is 17.0 Å². The summed E-state index contributed by atoms with van der Waals surface area (Å²) in [5, 5.41) is 15.3. The number of hydrogen-bond acceptors (Lipinski definition) is 7. The molecule has 9 nitrogen and oxygen atoms in total. The van der Waals surface area contributed by atoms with Crippen molar-refractivity contribution in [2.45, 2.75) is 0 Å². The monoisotopic (exact) mass is 437 g/mol. The van der Waals surface area contributed by atoms with E-state index in [1.54, 1.807) is 42.5 Å². The highest BCUT2D eigenvalue weighted by Crippen LogP contribution is 2.30. The van der Waals surface area contributed by atoms with Gasteiger partial charge in [-0.2, -0.15) is 4.52 Å². The van der Waals surface area contributed by atoms with Crippen LogP contribution in [0.15, 0.2) is 54.6 Å². The molecule has 0 radical (unpaired) electrons.